The van der Waals surface area contributed by atoms with Crippen molar-refractivity contribution in [3.05, 3.63) is 12.2 Å². The highest BCUT2D eigenvalue weighted by molar-refractivity contribution is 5.76. The highest BCUT2D eigenvalue weighted by atomic mass is 16.7. The molecule has 1 heterocycles. The first-order valence-electron chi connectivity index (χ1n) is 21.9. The molecule has 0 aromatic heterocycles. The van der Waals surface area contributed by atoms with Gasteiger partial charge in [0.15, 0.2) is 6.29 Å². The third-order valence-corrected chi connectivity index (χ3v) is 10.6. The highest BCUT2D eigenvalue weighted by Crippen LogP contribution is 2.22. The van der Waals surface area contributed by atoms with Crippen molar-refractivity contribution >= 4 is 5.91 Å². The van der Waals surface area contributed by atoms with Crippen LogP contribution in [0.1, 0.15) is 200 Å². The Labute approximate surface area is 318 Å². The summed E-state index contributed by atoms with van der Waals surface area (Å²) in [6, 6.07) is -0.797. The Hall–Kier alpha value is -1.07. The van der Waals surface area contributed by atoms with Crippen LogP contribution in [0.3, 0.4) is 0 Å². The number of unbranched alkanes of at least 4 members (excludes halogenated alkanes) is 26. The molecular formula is C43H83NO8. The number of hydrogen-bond acceptors (Lipinski definition) is 8. The lowest BCUT2D eigenvalue weighted by Gasteiger charge is -2.40. The van der Waals surface area contributed by atoms with E-state index in [-0.39, 0.29) is 12.5 Å². The molecule has 0 aliphatic carbocycles. The van der Waals surface area contributed by atoms with Gasteiger partial charge in [-0.2, -0.15) is 0 Å². The molecular weight excluding hydrogens is 658 g/mol. The van der Waals surface area contributed by atoms with Crippen molar-refractivity contribution in [3.8, 4) is 0 Å². The zero-order chi connectivity index (χ0) is 38.1. The van der Waals surface area contributed by atoms with E-state index in [1.807, 2.05) is 6.08 Å². The van der Waals surface area contributed by atoms with Gasteiger partial charge in [-0.05, 0) is 19.3 Å². The van der Waals surface area contributed by atoms with E-state index in [0.717, 1.165) is 38.5 Å². The third-order valence-electron chi connectivity index (χ3n) is 10.6. The molecule has 0 saturated carbocycles. The molecule has 0 spiro atoms. The molecule has 9 nitrogen and oxygen atoms in total. The van der Waals surface area contributed by atoms with Crippen molar-refractivity contribution in [2.24, 2.45) is 0 Å². The Morgan fingerprint density at radius 3 is 1.50 bits per heavy atom. The Kier molecular flexibility index (Phi) is 32.4. The largest absolute Gasteiger partial charge is 0.394 e. The molecule has 0 radical (unpaired) electrons. The number of aliphatic hydroxyl groups is 5. The van der Waals surface area contributed by atoms with Crippen LogP contribution in [0.2, 0.25) is 0 Å². The van der Waals surface area contributed by atoms with E-state index >= 15 is 0 Å². The first kappa shape index (κ1) is 48.9. The predicted molar refractivity (Wildman–Crippen MR) is 212 cm³/mol. The van der Waals surface area contributed by atoms with E-state index in [4.69, 9.17) is 9.47 Å². The van der Waals surface area contributed by atoms with Crippen molar-refractivity contribution in [3.63, 3.8) is 0 Å². The molecule has 308 valence electrons. The van der Waals surface area contributed by atoms with Crippen LogP contribution in [0.15, 0.2) is 12.2 Å². The lowest BCUT2D eigenvalue weighted by molar-refractivity contribution is -0.302. The Morgan fingerprint density at radius 1 is 0.635 bits per heavy atom. The zero-order valence-corrected chi connectivity index (χ0v) is 33.6. The number of nitrogens with one attached hydrogen (secondary N) is 1. The van der Waals surface area contributed by atoms with Crippen molar-refractivity contribution in [2.45, 2.75) is 243 Å². The standard InChI is InChI=1S/C43H83NO8/c1-3-5-7-9-11-13-15-17-18-19-20-21-23-25-27-29-31-33-39(47)44-36(35-51-43-42(50)41(49)40(48)38(34-45)52-43)37(46)32-30-28-26-24-22-16-14-12-10-8-6-4-2/h30,32,36-38,40-43,45-46,48-50H,3-29,31,33-35H2,1-2H3,(H,44,47)/b32-30+. The van der Waals surface area contributed by atoms with Gasteiger partial charge in [0.1, 0.15) is 24.4 Å². The summed E-state index contributed by atoms with van der Waals surface area (Å²) in [6.07, 6.45) is 31.1. The molecule has 0 aromatic rings. The fourth-order valence-electron chi connectivity index (χ4n) is 7.04. The summed E-state index contributed by atoms with van der Waals surface area (Å²) in [5.41, 5.74) is 0. The van der Waals surface area contributed by atoms with E-state index in [0.29, 0.717) is 6.42 Å². The van der Waals surface area contributed by atoms with Crippen LogP contribution in [0.5, 0.6) is 0 Å². The summed E-state index contributed by atoms with van der Waals surface area (Å²) in [6.45, 7) is 3.77. The molecule has 1 aliphatic rings. The topological polar surface area (TPSA) is 149 Å². The first-order chi connectivity index (χ1) is 25.3. The molecule has 7 atom stereocenters. The molecule has 0 aromatic carbocycles. The minimum atomic E-state index is -1.56. The Bertz CT molecular complexity index is 827. The lowest BCUT2D eigenvalue weighted by atomic mass is 9.99. The minimum Gasteiger partial charge on any atom is -0.394 e. The van der Waals surface area contributed by atoms with Gasteiger partial charge in [0.05, 0.1) is 25.4 Å². The summed E-state index contributed by atoms with van der Waals surface area (Å²) in [5, 5.41) is 54.0. The Balaban J connectivity index is 2.36. The number of ether oxygens (including phenoxy) is 2. The van der Waals surface area contributed by atoms with Gasteiger partial charge in [0.25, 0.3) is 0 Å². The van der Waals surface area contributed by atoms with Gasteiger partial charge in [-0.3, -0.25) is 4.79 Å². The number of hydrogen-bond donors (Lipinski definition) is 6. The lowest BCUT2D eigenvalue weighted by Crippen LogP contribution is -2.60. The fourth-order valence-corrected chi connectivity index (χ4v) is 7.04. The van der Waals surface area contributed by atoms with E-state index in [1.165, 1.54) is 141 Å². The van der Waals surface area contributed by atoms with Gasteiger partial charge in [-0.25, -0.2) is 0 Å². The second-order valence-corrected chi connectivity index (χ2v) is 15.5. The molecule has 0 bridgehead atoms. The number of aliphatic hydroxyl groups excluding tert-OH is 5. The van der Waals surface area contributed by atoms with Gasteiger partial charge < -0.3 is 40.3 Å². The van der Waals surface area contributed by atoms with Crippen LogP contribution in [0.25, 0.3) is 0 Å². The van der Waals surface area contributed by atoms with Gasteiger partial charge in [-0.15, -0.1) is 0 Å². The van der Waals surface area contributed by atoms with E-state index in [1.54, 1.807) is 6.08 Å². The second-order valence-electron chi connectivity index (χ2n) is 15.5. The maximum absolute atomic E-state index is 12.9. The first-order valence-corrected chi connectivity index (χ1v) is 21.9. The van der Waals surface area contributed by atoms with Crippen molar-refractivity contribution < 1.29 is 39.8 Å². The Morgan fingerprint density at radius 2 is 1.06 bits per heavy atom. The average molecular weight is 742 g/mol. The number of carbonyl (C=O) groups excluding carboxylic acids is 1. The molecule has 7 unspecified atom stereocenters. The summed E-state index contributed by atoms with van der Waals surface area (Å²) < 4.78 is 11.2. The molecule has 9 heteroatoms. The molecule has 6 N–H and O–H groups in total. The highest BCUT2D eigenvalue weighted by Gasteiger charge is 2.44. The number of allylic oxidation sites excluding steroid dienone is 1. The normalized spacial score (nSPS) is 21.9. The van der Waals surface area contributed by atoms with Crippen LogP contribution >= 0.6 is 0 Å². The second kappa shape index (κ2) is 34.4. The van der Waals surface area contributed by atoms with Gasteiger partial charge in [0, 0.05) is 6.42 Å². The summed E-state index contributed by atoms with van der Waals surface area (Å²) >= 11 is 0. The molecule has 1 fully saturated rings. The van der Waals surface area contributed by atoms with Crippen LogP contribution in [0, 0.1) is 0 Å². The molecule has 52 heavy (non-hydrogen) atoms. The third kappa shape index (κ3) is 25.1. The monoisotopic (exact) mass is 742 g/mol. The number of rotatable bonds is 36. The van der Waals surface area contributed by atoms with E-state index in [2.05, 4.69) is 19.2 Å². The van der Waals surface area contributed by atoms with Crippen LogP contribution in [-0.2, 0) is 14.3 Å². The summed E-state index contributed by atoms with van der Waals surface area (Å²) in [4.78, 5) is 12.9. The van der Waals surface area contributed by atoms with Gasteiger partial charge in [0.2, 0.25) is 5.91 Å². The van der Waals surface area contributed by atoms with Crippen molar-refractivity contribution in [1.82, 2.24) is 5.32 Å². The average Bonchev–Trinajstić information content (AvgIpc) is 3.14. The maximum Gasteiger partial charge on any atom is 0.220 e. The van der Waals surface area contributed by atoms with Crippen LogP contribution in [-0.4, -0.2) is 87.5 Å². The number of amides is 1. The van der Waals surface area contributed by atoms with Crippen molar-refractivity contribution in [2.75, 3.05) is 13.2 Å². The fraction of sp³-hybridized carbons (Fsp3) is 0.930. The van der Waals surface area contributed by atoms with Crippen LogP contribution in [0.4, 0.5) is 0 Å². The predicted octanol–water partition coefficient (Wildman–Crippen LogP) is 8.56. The molecule has 1 amide bonds. The quantitative estimate of drug-likeness (QED) is 0.0277. The summed E-state index contributed by atoms with van der Waals surface area (Å²) in [5.74, 6) is -0.175. The van der Waals surface area contributed by atoms with Crippen LogP contribution < -0.4 is 5.32 Å². The SMILES string of the molecule is CCCCCCCCCCCC/C=C/C(O)C(COC1OC(CO)C(O)C(O)C1O)NC(=O)CCCCCCCCCCCCCCCCCCC. The molecule has 1 saturated heterocycles. The number of carbonyl (C=O) groups is 1. The van der Waals surface area contributed by atoms with Gasteiger partial charge >= 0.3 is 0 Å². The molecule has 1 aliphatic heterocycles. The zero-order valence-electron chi connectivity index (χ0n) is 33.6. The maximum atomic E-state index is 12.9. The van der Waals surface area contributed by atoms with E-state index < -0.39 is 49.5 Å². The van der Waals surface area contributed by atoms with Gasteiger partial charge in [-0.1, -0.05) is 187 Å². The summed E-state index contributed by atoms with van der Waals surface area (Å²) in [7, 11) is 0. The minimum absolute atomic E-state index is 0.175. The van der Waals surface area contributed by atoms with E-state index in [9.17, 15) is 30.3 Å². The van der Waals surface area contributed by atoms with Crippen molar-refractivity contribution in [1.29, 1.82) is 0 Å². The smallest absolute Gasteiger partial charge is 0.220 e. The molecule has 1 rings (SSSR count).